The number of aromatic nitrogens is 4. The molecule has 10 heteroatoms. The molecule has 0 saturated heterocycles. The number of aryl methyl sites for hydroxylation is 2. The van der Waals surface area contributed by atoms with Crippen LogP contribution >= 0.6 is 11.3 Å². The smallest absolute Gasteiger partial charge is 0.273 e. The van der Waals surface area contributed by atoms with Gasteiger partial charge in [-0.2, -0.15) is 0 Å². The van der Waals surface area contributed by atoms with Crippen LogP contribution in [-0.4, -0.2) is 26.1 Å². The molecule has 0 fully saturated rings. The maximum atomic E-state index is 12.2. The van der Waals surface area contributed by atoms with Gasteiger partial charge in [0.2, 0.25) is 17.7 Å². The summed E-state index contributed by atoms with van der Waals surface area (Å²) in [6, 6.07) is 5.70. The highest BCUT2D eigenvalue weighted by Crippen LogP contribution is 2.25. The molecule has 1 amide bonds. The zero-order valence-electron chi connectivity index (χ0n) is 15.3. The highest BCUT2D eigenvalue weighted by molar-refractivity contribution is 7.18. The fourth-order valence-corrected chi connectivity index (χ4v) is 3.30. The number of oxazole rings is 1. The first-order valence-electron chi connectivity index (χ1n) is 8.64. The van der Waals surface area contributed by atoms with Gasteiger partial charge in [0.1, 0.15) is 12.0 Å². The molecule has 0 radical (unpaired) electrons. The summed E-state index contributed by atoms with van der Waals surface area (Å²) in [4.78, 5) is 20.7. The predicted molar refractivity (Wildman–Crippen MR) is 100 cm³/mol. The van der Waals surface area contributed by atoms with Crippen molar-refractivity contribution in [1.82, 2.24) is 25.5 Å². The fraction of sp³-hybridized carbons (Fsp3) is 0.278. The standard InChI is InChI=1S/C18H17N5O4S/c1-3-15-22-23-16(27-15)7-19-18(24)13-8-26-17(21-13)9-25-11-4-5-14-12(6-11)20-10(2)28-14/h4-6,8H,3,7,9H2,1-2H3,(H,19,24). The minimum absolute atomic E-state index is 0.103. The number of nitrogens with zero attached hydrogens (tertiary/aromatic N) is 4. The molecule has 0 aliphatic rings. The third-order valence-corrected chi connectivity index (χ3v) is 4.78. The minimum atomic E-state index is -0.398. The molecule has 0 spiro atoms. The van der Waals surface area contributed by atoms with Crippen LogP contribution in [0.5, 0.6) is 5.75 Å². The molecule has 0 aliphatic heterocycles. The molecule has 3 heterocycles. The van der Waals surface area contributed by atoms with Crippen molar-refractivity contribution in [2.24, 2.45) is 0 Å². The quantitative estimate of drug-likeness (QED) is 0.504. The van der Waals surface area contributed by atoms with Crippen molar-refractivity contribution in [3.63, 3.8) is 0 Å². The average molecular weight is 399 g/mol. The van der Waals surface area contributed by atoms with Crippen molar-refractivity contribution in [2.45, 2.75) is 33.4 Å². The number of benzene rings is 1. The van der Waals surface area contributed by atoms with Crippen molar-refractivity contribution < 1.29 is 18.4 Å². The third-order valence-electron chi connectivity index (χ3n) is 3.82. The highest BCUT2D eigenvalue weighted by Gasteiger charge is 2.14. The number of amides is 1. The SMILES string of the molecule is CCc1nnc(CNC(=O)c2coc(COc3ccc4sc(C)nc4c3)n2)o1. The summed E-state index contributed by atoms with van der Waals surface area (Å²) in [6.45, 7) is 4.10. The Bertz CT molecular complexity index is 1120. The van der Waals surface area contributed by atoms with Crippen LogP contribution in [-0.2, 0) is 19.6 Å². The summed E-state index contributed by atoms with van der Waals surface area (Å²) in [5, 5.41) is 11.3. The number of carbonyl (C=O) groups excluding carboxylic acids is 1. The van der Waals surface area contributed by atoms with E-state index in [2.05, 4.69) is 25.5 Å². The van der Waals surface area contributed by atoms with Crippen molar-refractivity contribution in [2.75, 3.05) is 0 Å². The van der Waals surface area contributed by atoms with Gasteiger partial charge >= 0.3 is 0 Å². The summed E-state index contributed by atoms with van der Waals surface area (Å²) in [5.74, 6) is 1.42. The van der Waals surface area contributed by atoms with Crippen molar-refractivity contribution in [3.8, 4) is 5.75 Å². The second-order valence-corrected chi connectivity index (χ2v) is 7.14. The van der Waals surface area contributed by atoms with Gasteiger partial charge in [-0.3, -0.25) is 4.79 Å². The lowest BCUT2D eigenvalue weighted by Gasteiger charge is -2.02. The monoisotopic (exact) mass is 399 g/mol. The first-order valence-corrected chi connectivity index (χ1v) is 9.46. The van der Waals surface area contributed by atoms with E-state index in [1.54, 1.807) is 11.3 Å². The van der Waals surface area contributed by atoms with Crippen molar-refractivity contribution >= 4 is 27.5 Å². The van der Waals surface area contributed by atoms with Crippen LogP contribution in [0.1, 0.15) is 40.1 Å². The average Bonchev–Trinajstić information content (AvgIpc) is 3.42. The fourth-order valence-electron chi connectivity index (χ4n) is 2.49. The second kappa shape index (κ2) is 7.77. The number of hydrogen-bond acceptors (Lipinski definition) is 9. The Balaban J connectivity index is 1.33. The van der Waals surface area contributed by atoms with Crippen LogP contribution < -0.4 is 10.1 Å². The minimum Gasteiger partial charge on any atom is -0.484 e. The molecule has 3 aromatic heterocycles. The zero-order valence-corrected chi connectivity index (χ0v) is 16.1. The van der Waals surface area contributed by atoms with Gasteiger partial charge in [0, 0.05) is 12.5 Å². The lowest BCUT2D eigenvalue weighted by atomic mass is 10.3. The molecule has 4 aromatic rings. The molecule has 0 saturated carbocycles. The van der Waals surface area contributed by atoms with E-state index in [1.165, 1.54) is 6.26 Å². The van der Waals surface area contributed by atoms with Gasteiger partial charge in [0.05, 0.1) is 21.8 Å². The first-order chi connectivity index (χ1) is 13.6. The lowest BCUT2D eigenvalue weighted by molar-refractivity contribution is 0.0942. The van der Waals surface area contributed by atoms with E-state index < -0.39 is 5.91 Å². The number of carbonyl (C=O) groups is 1. The van der Waals surface area contributed by atoms with Gasteiger partial charge in [-0.15, -0.1) is 21.5 Å². The predicted octanol–water partition coefficient (Wildman–Crippen LogP) is 3.05. The van der Waals surface area contributed by atoms with Gasteiger partial charge in [0.15, 0.2) is 12.3 Å². The number of nitrogens with one attached hydrogen (secondary N) is 1. The van der Waals surface area contributed by atoms with Crippen LogP contribution in [0.15, 0.2) is 33.3 Å². The van der Waals surface area contributed by atoms with Gasteiger partial charge in [-0.05, 0) is 19.1 Å². The maximum Gasteiger partial charge on any atom is 0.273 e. The van der Waals surface area contributed by atoms with Crippen LogP contribution in [0.3, 0.4) is 0 Å². The molecule has 144 valence electrons. The molecular formula is C18H17N5O4S. The summed E-state index contributed by atoms with van der Waals surface area (Å²) in [5.41, 5.74) is 1.04. The number of hydrogen-bond donors (Lipinski definition) is 1. The molecule has 0 atom stereocenters. The first kappa shape index (κ1) is 18.1. The third kappa shape index (κ3) is 4.01. The normalized spacial score (nSPS) is 11.1. The Kier molecular flexibility index (Phi) is 5.02. The summed E-state index contributed by atoms with van der Waals surface area (Å²) < 4.78 is 17.4. The molecule has 28 heavy (non-hydrogen) atoms. The molecule has 1 N–H and O–H groups in total. The summed E-state index contributed by atoms with van der Waals surface area (Å²) in [7, 11) is 0. The molecule has 0 unspecified atom stereocenters. The molecule has 0 aliphatic carbocycles. The summed E-state index contributed by atoms with van der Waals surface area (Å²) >= 11 is 1.63. The number of fused-ring (bicyclic) bond motifs is 1. The number of ether oxygens (including phenoxy) is 1. The highest BCUT2D eigenvalue weighted by atomic mass is 32.1. The lowest BCUT2D eigenvalue weighted by Crippen LogP contribution is -2.23. The van der Waals surface area contributed by atoms with E-state index in [9.17, 15) is 4.79 Å². The van der Waals surface area contributed by atoms with E-state index in [4.69, 9.17) is 13.6 Å². The number of rotatable bonds is 7. The van der Waals surface area contributed by atoms with Gasteiger partial charge in [-0.25, -0.2) is 9.97 Å². The van der Waals surface area contributed by atoms with Crippen LogP contribution in [0.25, 0.3) is 10.2 Å². The molecule has 4 rings (SSSR count). The maximum absolute atomic E-state index is 12.2. The Morgan fingerprint density at radius 3 is 2.89 bits per heavy atom. The van der Waals surface area contributed by atoms with Crippen molar-refractivity contribution in [1.29, 1.82) is 0 Å². The number of thiazole rings is 1. The van der Waals surface area contributed by atoms with Gasteiger partial charge in [0.25, 0.3) is 5.91 Å². The Labute approximate surface area is 163 Å². The Hall–Kier alpha value is -3.27. The largest absolute Gasteiger partial charge is 0.484 e. The van der Waals surface area contributed by atoms with E-state index in [1.807, 2.05) is 32.0 Å². The van der Waals surface area contributed by atoms with E-state index in [0.717, 1.165) is 15.2 Å². The van der Waals surface area contributed by atoms with E-state index in [0.29, 0.717) is 29.8 Å². The summed E-state index contributed by atoms with van der Waals surface area (Å²) in [6.07, 6.45) is 1.93. The topological polar surface area (TPSA) is 116 Å². The van der Waals surface area contributed by atoms with Crippen molar-refractivity contribution in [3.05, 3.63) is 52.8 Å². The molecule has 9 nitrogen and oxygen atoms in total. The molecule has 0 bridgehead atoms. The Morgan fingerprint density at radius 2 is 2.07 bits per heavy atom. The van der Waals surface area contributed by atoms with Crippen LogP contribution in [0, 0.1) is 6.92 Å². The molecular weight excluding hydrogens is 382 g/mol. The van der Waals surface area contributed by atoms with Gasteiger partial charge < -0.3 is 18.9 Å². The zero-order chi connectivity index (χ0) is 19.5. The van der Waals surface area contributed by atoms with Crippen LogP contribution in [0.2, 0.25) is 0 Å². The van der Waals surface area contributed by atoms with Crippen LogP contribution in [0.4, 0.5) is 0 Å². The van der Waals surface area contributed by atoms with E-state index >= 15 is 0 Å². The van der Waals surface area contributed by atoms with Gasteiger partial charge in [-0.1, -0.05) is 6.92 Å². The Morgan fingerprint density at radius 1 is 1.21 bits per heavy atom. The van der Waals surface area contributed by atoms with E-state index in [-0.39, 0.29) is 18.8 Å². The molecule has 1 aromatic carbocycles. The second-order valence-electron chi connectivity index (χ2n) is 5.90.